The van der Waals surface area contributed by atoms with E-state index in [4.69, 9.17) is 9.47 Å². The van der Waals surface area contributed by atoms with Crippen molar-refractivity contribution < 1.29 is 9.47 Å². The fraction of sp³-hybridized carbons (Fsp3) is 0.571. The van der Waals surface area contributed by atoms with Gasteiger partial charge in [-0.15, -0.1) is 0 Å². The number of benzene rings is 1. The second kappa shape index (κ2) is 5.35. The monoisotopic (exact) mass is 220 g/mol. The van der Waals surface area contributed by atoms with E-state index in [9.17, 15) is 0 Å². The predicted molar refractivity (Wildman–Crippen MR) is 64.7 cm³/mol. The molecule has 1 fully saturated rings. The van der Waals surface area contributed by atoms with Crippen LogP contribution in [0.4, 0.5) is 0 Å². The number of ether oxygens (including phenoxy) is 2. The molecule has 1 aromatic carbocycles. The first-order chi connectivity index (χ1) is 7.79. The molecule has 1 aliphatic rings. The lowest BCUT2D eigenvalue weighted by atomic mass is 10.0. The van der Waals surface area contributed by atoms with Gasteiger partial charge in [0.15, 0.2) is 0 Å². The van der Waals surface area contributed by atoms with Crippen LogP contribution in [0, 0.1) is 5.92 Å². The molecule has 0 amide bonds. The number of rotatable bonds is 4. The molecule has 88 valence electrons. The van der Waals surface area contributed by atoms with E-state index in [-0.39, 0.29) is 6.10 Å². The topological polar surface area (TPSA) is 18.5 Å². The summed E-state index contributed by atoms with van der Waals surface area (Å²) < 4.78 is 11.6. The van der Waals surface area contributed by atoms with Gasteiger partial charge in [0, 0.05) is 0 Å². The van der Waals surface area contributed by atoms with E-state index in [1.807, 2.05) is 30.3 Å². The molecule has 0 aromatic heterocycles. The summed E-state index contributed by atoms with van der Waals surface area (Å²) in [6.45, 7) is 5.11. The summed E-state index contributed by atoms with van der Waals surface area (Å²) >= 11 is 0. The summed E-state index contributed by atoms with van der Waals surface area (Å²) in [6, 6.07) is 9.93. The largest absolute Gasteiger partial charge is 0.491 e. The van der Waals surface area contributed by atoms with Gasteiger partial charge in [-0.2, -0.15) is 0 Å². The SMILES string of the molecule is CCC1OC(COc2ccccc2)C[C@@H]1C. The van der Waals surface area contributed by atoms with E-state index in [0.29, 0.717) is 18.6 Å². The Balaban J connectivity index is 1.80. The van der Waals surface area contributed by atoms with E-state index in [1.165, 1.54) is 0 Å². The van der Waals surface area contributed by atoms with Gasteiger partial charge in [-0.1, -0.05) is 32.0 Å². The predicted octanol–water partition coefficient (Wildman–Crippen LogP) is 3.27. The number of hydrogen-bond donors (Lipinski definition) is 0. The van der Waals surface area contributed by atoms with Crippen LogP contribution in [-0.2, 0) is 4.74 Å². The Hall–Kier alpha value is -1.02. The van der Waals surface area contributed by atoms with Crippen molar-refractivity contribution >= 4 is 0 Å². The Bertz CT molecular complexity index is 310. The van der Waals surface area contributed by atoms with Gasteiger partial charge in [-0.3, -0.25) is 0 Å². The normalized spacial score (nSPS) is 29.2. The summed E-state index contributed by atoms with van der Waals surface area (Å²) in [4.78, 5) is 0. The van der Waals surface area contributed by atoms with Crippen molar-refractivity contribution in [1.29, 1.82) is 0 Å². The maximum atomic E-state index is 5.92. The average molecular weight is 220 g/mol. The van der Waals surface area contributed by atoms with Crippen molar-refractivity contribution in [2.45, 2.75) is 38.9 Å². The zero-order valence-electron chi connectivity index (χ0n) is 10.1. The van der Waals surface area contributed by atoms with Crippen LogP contribution in [0.15, 0.2) is 30.3 Å². The van der Waals surface area contributed by atoms with Crippen LogP contribution in [0.25, 0.3) is 0 Å². The lowest BCUT2D eigenvalue weighted by Gasteiger charge is -2.13. The summed E-state index contributed by atoms with van der Waals surface area (Å²) in [7, 11) is 0. The summed E-state index contributed by atoms with van der Waals surface area (Å²) in [5, 5.41) is 0. The van der Waals surface area contributed by atoms with E-state index in [0.717, 1.165) is 18.6 Å². The van der Waals surface area contributed by atoms with Gasteiger partial charge in [0.1, 0.15) is 12.4 Å². The first-order valence-electron chi connectivity index (χ1n) is 6.13. The standard InChI is InChI=1S/C14H20O2/c1-3-14-11(2)9-13(16-14)10-15-12-7-5-4-6-8-12/h4-8,11,13-14H,3,9-10H2,1-2H3/t11-,13?,14?/m0/s1. The summed E-state index contributed by atoms with van der Waals surface area (Å²) in [5.41, 5.74) is 0. The van der Waals surface area contributed by atoms with E-state index in [2.05, 4.69) is 13.8 Å². The van der Waals surface area contributed by atoms with Gasteiger partial charge >= 0.3 is 0 Å². The molecule has 16 heavy (non-hydrogen) atoms. The lowest BCUT2D eigenvalue weighted by molar-refractivity contribution is 0.0105. The van der Waals surface area contributed by atoms with Crippen LogP contribution < -0.4 is 4.74 Å². The Labute approximate surface area is 97.6 Å². The highest BCUT2D eigenvalue weighted by molar-refractivity contribution is 5.20. The molecule has 2 nitrogen and oxygen atoms in total. The van der Waals surface area contributed by atoms with Gasteiger partial charge in [0.05, 0.1) is 12.2 Å². The van der Waals surface area contributed by atoms with Crippen LogP contribution in [0.1, 0.15) is 26.7 Å². The summed E-state index contributed by atoms with van der Waals surface area (Å²) in [6.07, 6.45) is 2.90. The maximum absolute atomic E-state index is 5.92. The van der Waals surface area contributed by atoms with Crippen LogP contribution in [0.2, 0.25) is 0 Å². The molecule has 1 aromatic rings. The molecule has 0 bridgehead atoms. The number of para-hydroxylation sites is 1. The van der Waals surface area contributed by atoms with E-state index in [1.54, 1.807) is 0 Å². The fourth-order valence-electron chi connectivity index (χ4n) is 2.32. The van der Waals surface area contributed by atoms with E-state index < -0.39 is 0 Å². The lowest BCUT2D eigenvalue weighted by Crippen LogP contribution is -2.18. The van der Waals surface area contributed by atoms with Crippen molar-refractivity contribution in [3.63, 3.8) is 0 Å². The minimum absolute atomic E-state index is 0.264. The van der Waals surface area contributed by atoms with Crippen LogP contribution in [0.5, 0.6) is 5.75 Å². The first-order valence-corrected chi connectivity index (χ1v) is 6.13. The zero-order valence-corrected chi connectivity index (χ0v) is 10.1. The fourth-order valence-corrected chi connectivity index (χ4v) is 2.32. The highest BCUT2D eigenvalue weighted by Gasteiger charge is 2.30. The summed E-state index contributed by atoms with van der Waals surface area (Å²) in [5.74, 6) is 1.59. The van der Waals surface area contributed by atoms with Crippen molar-refractivity contribution in [2.24, 2.45) is 5.92 Å². The van der Waals surface area contributed by atoms with Gasteiger partial charge in [-0.05, 0) is 30.9 Å². The highest BCUT2D eigenvalue weighted by atomic mass is 16.5. The smallest absolute Gasteiger partial charge is 0.119 e. The molecular formula is C14H20O2. The second-order valence-corrected chi connectivity index (χ2v) is 4.54. The molecule has 2 heteroatoms. The molecule has 0 saturated carbocycles. The maximum Gasteiger partial charge on any atom is 0.119 e. The van der Waals surface area contributed by atoms with E-state index >= 15 is 0 Å². The van der Waals surface area contributed by atoms with Gasteiger partial charge in [0.2, 0.25) is 0 Å². The molecule has 0 N–H and O–H groups in total. The minimum Gasteiger partial charge on any atom is -0.491 e. The van der Waals surface area contributed by atoms with Crippen LogP contribution in [-0.4, -0.2) is 18.8 Å². The first kappa shape index (κ1) is 11.5. The Morgan fingerprint density at radius 3 is 2.69 bits per heavy atom. The Morgan fingerprint density at radius 2 is 2.06 bits per heavy atom. The van der Waals surface area contributed by atoms with Crippen molar-refractivity contribution in [3.8, 4) is 5.75 Å². The molecule has 2 unspecified atom stereocenters. The number of hydrogen-bond acceptors (Lipinski definition) is 2. The Kier molecular flexibility index (Phi) is 3.83. The third-order valence-electron chi connectivity index (χ3n) is 3.22. The van der Waals surface area contributed by atoms with Crippen molar-refractivity contribution in [2.75, 3.05) is 6.61 Å². The molecule has 1 heterocycles. The molecule has 2 rings (SSSR count). The molecular weight excluding hydrogens is 200 g/mol. The third kappa shape index (κ3) is 2.76. The molecule has 1 saturated heterocycles. The third-order valence-corrected chi connectivity index (χ3v) is 3.22. The van der Waals surface area contributed by atoms with Gasteiger partial charge in [-0.25, -0.2) is 0 Å². The average Bonchev–Trinajstić information content (AvgIpc) is 2.69. The minimum atomic E-state index is 0.264. The van der Waals surface area contributed by atoms with Crippen LogP contribution >= 0.6 is 0 Å². The van der Waals surface area contributed by atoms with Crippen LogP contribution in [0.3, 0.4) is 0 Å². The molecule has 1 aliphatic heterocycles. The molecule has 0 radical (unpaired) electrons. The molecule has 3 atom stereocenters. The molecule has 0 spiro atoms. The second-order valence-electron chi connectivity index (χ2n) is 4.54. The van der Waals surface area contributed by atoms with Gasteiger partial charge < -0.3 is 9.47 Å². The Morgan fingerprint density at radius 1 is 1.31 bits per heavy atom. The van der Waals surface area contributed by atoms with Gasteiger partial charge in [0.25, 0.3) is 0 Å². The van der Waals surface area contributed by atoms with Crippen molar-refractivity contribution in [1.82, 2.24) is 0 Å². The zero-order chi connectivity index (χ0) is 11.4. The molecule has 0 aliphatic carbocycles. The highest BCUT2D eigenvalue weighted by Crippen LogP contribution is 2.28. The quantitative estimate of drug-likeness (QED) is 0.775. The van der Waals surface area contributed by atoms with Crippen molar-refractivity contribution in [3.05, 3.63) is 30.3 Å².